The number of hydrogen-bond acceptors (Lipinski definition) is 7. The summed E-state index contributed by atoms with van der Waals surface area (Å²) in [7, 11) is 0. The summed E-state index contributed by atoms with van der Waals surface area (Å²) < 4.78 is 13.3. The van der Waals surface area contributed by atoms with Crippen molar-refractivity contribution in [3.8, 4) is 0 Å². The van der Waals surface area contributed by atoms with Crippen molar-refractivity contribution < 1.29 is 9.50 Å². The van der Waals surface area contributed by atoms with E-state index in [9.17, 15) is 9.50 Å². The average Bonchev–Trinajstić information content (AvgIpc) is 2.72. The molecule has 1 atom stereocenters. The first-order chi connectivity index (χ1) is 14.8. The van der Waals surface area contributed by atoms with Crippen LogP contribution in [0, 0.1) is 11.7 Å². The van der Waals surface area contributed by atoms with Gasteiger partial charge in [-0.25, -0.2) is 14.4 Å². The van der Waals surface area contributed by atoms with Crippen LogP contribution in [0.2, 0.25) is 0 Å². The fourth-order valence-electron chi connectivity index (χ4n) is 3.55. The molecule has 2 aromatic heterocycles. The zero-order valence-electron chi connectivity index (χ0n) is 18.3. The predicted molar refractivity (Wildman–Crippen MR) is 127 cm³/mol. The fourth-order valence-corrected chi connectivity index (χ4v) is 3.55. The largest absolute Gasteiger partial charge is 0.386 e. The van der Waals surface area contributed by atoms with Crippen LogP contribution in [0.1, 0.15) is 32.4 Å². The first kappa shape index (κ1) is 23.7. The van der Waals surface area contributed by atoms with Crippen LogP contribution in [-0.2, 0) is 0 Å². The van der Waals surface area contributed by atoms with Crippen molar-refractivity contribution in [3.05, 3.63) is 66.4 Å². The maximum Gasteiger partial charge on any atom is 0.150 e. The quantitative estimate of drug-likeness (QED) is 0.478. The Morgan fingerprint density at radius 3 is 2.34 bits per heavy atom. The average molecular weight is 459 g/mol. The molecule has 0 bridgehead atoms. The molecular formula is C23H28ClFN6O. The minimum atomic E-state index is -0.684. The minimum Gasteiger partial charge on any atom is -0.386 e. The Balaban J connectivity index is 0.00000289. The molecule has 0 aliphatic carbocycles. The third-order valence-corrected chi connectivity index (χ3v) is 5.73. The number of nitrogens with zero attached hydrogens (tertiary/aromatic N) is 4. The van der Waals surface area contributed by atoms with E-state index in [-0.39, 0.29) is 30.2 Å². The zero-order chi connectivity index (χ0) is 22.0. The summed E-state index contributed by atoms with van der Waals surface area (Å²) in [6.45, 7) is 7.18. The highest BCUT2D eigenvalue weighted by Gasteiger charge is 2.43. The number of hydrogen-bond donors (Lipinski definition) is 3. The van der Waals surface area contributed by atoms with Gasteiger partial charge in [-0.2, -0.15) is 0 Å². The van der Waals surface area contributed by atoms with Crippen LogP contribution in [0.25, 0.3) is 0 Å². The van der Waals surface area contributed by atoms with E-state index in [1.807, 2.05) is 32.9 Å². The van der Waals surface area contributed by atoms with Crippen molar-refractivity contribution in [1.29, 1.82) is 0 Å². The lowest BCUT2D eigenvalue weighted by atomic mass is 9.83. The summed E-state index contributed by atoms with van der Waals surface area (Å²) in [5.74, 6) is 1.79. The molecule has 170 valence electrons. The van der Waals surface area contributed by atoms with E-state index < -0.39 is 5.60 Å². The van der Waals surface area contributed by atoms with Gasteiger partial charge in [0.25, 0.3) is 0 Å². The first-order valence-electron chi connectivity index (χ1n) is 10.4. The molecule has 0 unspecified atom stereocenters. The number of pyridine rings is 1. The molecule has 1 aliphatic rings. The number of halogens is 2. The molecule has 7 nitrogen and oxygen atoms in total. The second kappa shape index (κ2) is 9.67. The van der Waals surface area contributed by atoms with Gasteiger partial charge in [0.2, 0.25) is 0 Å². The second-order valence-electron chi connectivity index (χ2n) is 8.34. The Morgan fingerprint density at radius 2 is 1.72 bits per heavy atom. The molecule has 0 spiro atoms. The smallest absolute Gasteiger partial charge is 0.150 e. The standard InChI is InChI=1S/C23H27FN6O.ClH/c1-15(2)23(31)13-30(14-23)19-10-20(27-16(3)17-4-6-18(24)7-5-17)28-21(11-19)29-22-12-25-8-9-26-22;/h4-12,15-16,31H,13-14H2,1-3H3,(H2,26,27,28,29);1H/t16-;/m0./s1. The van der Waals surface area contributed by atoms with Gasteiger partial charge in [0.1, 0.15) is 28.9 Å². The number of rotatable bonds is 7. The van der Waals surface area contributed by atoms with Crippen LogP contribution < -0.4 is 15.5 Å². The van der Waals surface area contributed by atoms with Gasteiger partial charge >= 0.3 is 0 Å². The number of nitrogens with one attached hydrogen (secondary N) is 2. The molecule has 1 saturated heterocycles. The van der Waals surface area contributed by atoms with E-state index >= 15 is 0 Å². The number of anilines is 4. The lowest BCUT2D eigenvalue weighted by Gasteiger charge is -2.50. The molecule has 32 heavy (non-hydrogen) atoms. The summed E-state index contributed by atoms with van der Waals surface area (Å²) in [5.41, 5.74) is 1.22. The third kappa shape index (κ3) is 5.26. The topological polar surface area (TPSA) is 86.2 Å². The van der Waals surface area contributed by atoms with Gasteiger partial charge in [0.15, 0.2) is 0 Å². The summed E-state index contributed by atoms with van der Waals surface area (Å²) in [6.07, 6.45) is 4.85. The molecule has 0 radical (unpaired) electrons. The fraction of sp³-hybridized carbons (Fsp3) is 0.348. The van der Waals surface area contributed by atoms with E-state index in [2.05, 4.69) is 30.5 Å². The van der Waals surface area contributed by atoms with Gasteiger partial charge in [-0.05, 0) is 30.5 Å². The van der Waals surface area contributed by atoms with E-state index in [0.29, 0.717) is 30.5 Å². The number of benzene rings is 1. The molecule has 0 saturated carbocycles. The molecule has 0 amide bonds. The highest BCUT2D eigenvalue weighted by molar-refractivity contribution is 5.85. The zero-order valence-corrected chi connectivity index (χ0v) is 19.1. The molecule has 3 aromatic rings. The molecule has 1 aromatic carbocycles. The summed E-state index contributed by atoms with van der Waals surface area (Å²) >= 11 is 0. The molecule has 1 aliphatic heterocycles. The van der Waals surface area contributed by atoms with Crippen molar-refractivity contribution in [2.24, 2.45) is 5.92 Å². The van der Waals surface area contributed by atoms with E-state index in [1.165, 1.54) is 12.1 Å². The Kier molecular flexibility index (Phi) is 7.16. The van der Waals surface area contributed by atoms with Crippen LogP contribution >= 0.6 is 12.4 Å². The predicted octanol–water partition coefficient (Wildman–Crippen LogP) is 4.56. The molecule has 9 heteroatoms. The molecule has 4 rings (SSSR count). The van der Waals surface area contributed by atoms with Crippen LogP contribution in [0.15, 0.2) is 55.0 Å². The molecular weight excluding hydrogens is 431 g/mol. The van der Waals surface area contributed by atoms with Gasteiger partial charge in [0.05, 0.1) is 6.20 Å². The van der Waals surface area contributed by atoms with Crippen molar-refractivity contribution >= 4 is 35.5 Å². The maximum atomic E-state index is 13.3. The van der Waals surface area contributed by atoms with Gasteiger partial charge in [-0.1, -0.05) is 26.0 Å². The van der Waals surface area contributed by atoms with Crippen molar-refractivity contribution in [1.82, 2.24) is 15.0 Å². The Morgan fingerprint density at radius 1 is 1.03 bits per heavy atom. The lowest BCUT2D eigenvalue weighted by molar-refractivity contribution is -0.0300. The van der Waals surface area contributed by atoms with E-state index in [4.69, 9.17) is 0 Å². The Bertz CT molecular complexity index is 1030. The van der Waals surface area contributed by atoms with E-state index in [0.717, 1.165) is 11.3 Å². The van der Waals surface area contributed by atoms with Crippen molar-refractivity contribution in [3.63, 3.8) is 0 Å². The van der Waals surface area contributed by atoms with Gasteiger partial charge < -0.3 is 20.6 Å². The van der Waals surface area contributed by atoms with Crippen LogP contribution in [0.5, 0.6) is 0 Å². The first-order valence-corrected chi connectivity index (χ1v) is 10.4. The normalized spacial score (nSPS) is 15.5. The SMILES string of the molecule is CC(C)C1(O)CN(c2cc(Nc3cnccn3)nc(N[C@@H](C)c3ccc(F)cc3)c2)C1.Cl. The summed E-state index contributed by atoms with van der Waals surface area (Å²) in [4.78, 5) is 15.1. The number of aliphatic hydroxyl groups is 1. The maximum absolute atomic E-state index is 13.3. The van der Waals surface area contributed by atoms with Crippen LogP contribution in [0.3, 0.4) is 0 Å². The summed E-state index contributed by atoms with van der Waals surface area (Å²) in [6, 6.07) is 10.2. The molecule has 3 N–H and O–H groups in total. The molecule has 1 fully saturated rings. The van der Waals surface area contributed by atoms with Crippen LogP contribution in [0.4, 0.5) is 27.5 Å². The minimum absolute atomic E-state index is 0. The Hall–Kier alpha value is -2.97. The van der Waals surface area contributed by atoms with Crippen molar-refractivity contribution in [2.45, 2.75) is 32.4 Å². The van der Waals surface area contributed by atoms with E-state index in [1.54, 1.807) is 30.7 Å². The van der Waals surface area contributed by atoms with Gasteiger partial charge in [-0.15, -0.1) is 12.4 Å². The monoisotopic (exact) mass is 458 g/mol. The van der Waals surface area contributed by atoms with Gasteiger partial charge in [0, 0.05) is 49.3 Å². The molecule has 3 heterocycles. The van der Waals surface area contributed by atoms with Crippen LogP contribution in [-0.4, -0.2) is 38.7 Å². The number of aromatic nitrogens is 3. The Labute approximate surface area is 193 Å². The summed E-state index contributed by atoms with van der Waals surface area (Å²) in [5, 5.41) is 17.3. The van der Waals surface area contributed by atoms with Crippen molar-refractivity contribution in [2.75, 3.05) is 28.6 Å². The lowest BCUT2D eigenvalue weighted by Crippen LogP contribution is -2.64. The highest BCUT2D eigenvalue weighted by Crippen LogP contribution is 2.35. The number of β-amino-alcohol motifs (C(OH)–C–C–N with tert-alkyl or cyclic N) is 1. The second-order valence-corrected chi connectivity index (χ2v) is 8.34. The highest BCUT2D eigenvalue weighted by atomic mass is 35.5. The third-order valence-electron chi connectivity index (χ3n) is 5.73. The van der Waals surface area contributed by atoms with Gasteiger partial charge in [-0.3, -0.25) is 4.98 Å².